The predicted molar refractivity (Wildman–Crippen MR) is 78.4 cm³/mol. The molecule has 0 fully saturated rings. The van der Waals surface area contributed by atoms with Crippen LogP contribution < -0.4 is 14.8 Å². The SMILES string of the molecule is CCNC(C)c1nnc(-c2ccc3c(c2)OCCO3)s1. The molecule has 1 aromatic carbocycles. The molecular weight excluding hydrogens is 274 g/mol. The Bertz CT molecular complexity index is 600. The van der Waals surface area contributed by atoms with Gasteiger partial charge in [-0.25, -0.2) is 0 Å². The normalized spacial score (nSPS) is 15.1. The number of aromatic nitrogens is 2. The van der Waals surface area contributed by atoms with Crippen molar-refractivity contribution in [2.75, 3.05) is 19.8 Å². The molecule has 0 spiro atoms. The first-order valence-electron chi connectivity index (χ1n) is 6.74. The van der Waals surface area contributed by atoms with Crippen molar-refractivity contribution in [3.63, 3.8) is 0 Å². The van der Waals surface area contributed by atoms with Crippen LogP contribution in [0.25, 0.3) is 10.6 Å². The topological polar surface area (TPSA) is 56.3 Å². The van der Waals surface area contributed by atoms with Gasteiger partial charge in [0.25, 0.3) is 0 Å². The van der Waals surface area contributed by atoms with Crippen molar-refractivity contribution in [3.8, 4) is 22.1 Å². The average Bonchev–Trinajstić information content (AvgIpc) is 2.97. The minimum Gasteiger partial charge on any atom is -0.486 e. The molecular formula is C14H17N3O2S. The fraction of sp³-hybridized carbons (Fsp3) is 0.429. The van der Waals surface area contributed by atoms with E-state index in [1.807, 2.05) is 18.2 Å². The second-order valence-electron chi connectivity index (χ2n) is 4.58. The summed E-state index contributed by atoms with van der Waals surface area (Å²) in [6.07, 6.45) is 0. The molecule has 6 heteroatoms. The lowest BCUT2D eigenvalue weighted by Crippen LogP contribution is -2.17. The molecule has 0 aliphatic carbocycles. The van der Waals surface area contributed by atoms with E-state index >= 15 is 0 Å². The summed E-state index contributed by atoms with van der Waals surface area (Å²) >= 11 is 1.60. The summed E-state index contributed by atoms with van der Waals surface area (Å²) in [5.41, 5.74) is 1.02. The molecule has 0 saturated heterocycles. The summed E-state index contributed by atoms with van der Waals surface area (Å²) in [5.74, 6) is 1.58. The molecule has 20 heavy (non-hydrogen) atoms. The average molecular weight is 291 g/mol. The Labute approximate surface area is 121 Å². The first-order valence-corrected chi connectivity index (χ1v) is 7.56. The molecule has 1 aromatic heterocycles. The van der Waals surface area contributed by atoms with E-state index in [9.17, 15) is 0 Å². The highest BCUT2D eigenvalue weighted by Gasteiger charge is 2.16. The molecule has 106 valence electrons. The van der Waals surface area contributed by atoms with Crippen LogP contribution in [0.2, 0.25) is 0 Å². The van der Waals surface area contributed by atoms with Crippen LogP contribution in [0.5, 0.6) is 11.5 Å². The molecule has 5 nitrogen and oxygen atoms in total. The Morgan fingerprint density at radius 2 is 2.05 bits per heavy atom. The molecule has 2 heterocycles. The zero-order valence-electron chi connectivity index (χ0n) is 11.5. The zero-order valence-corrected chi connectivity index (χ0v) is 12.4. The lowest BCUT2D eigenvalue weighted by molar-refractivity contribution is 0.171. The van der Waals surface area contributed by atoms with Crippen molar-refractivity contribution < 1.29 is 9.47 Å². The maximum absolute atomic E-state index is 5.60. The van der Waals surface area contributed by atoms with E-state index in [2.05, 4.69) is 29.4 Å². The van der Waals surface area contributed by atoms with E-state index in [0.29, 0.717) is 13.2 Å². The van der Waals surface area contributed by atoms with Crippen LogP contribution in [0.1, 0.15) is 24.9 Å². The van der Waals surface area contributed by atoms with Gasteiger partial charge in [-0.3, -0.25) is 0 Å². The Morgan fingerprint density at radius 3 is 2.85 bits per heavy atom. The molecule has 0 amide bonds. The fourth-order valence-electron chi connectivity index (χ4n) is 2.10. The van der Waals surface area contributed by atoms with E-state index in [4.69, 9.17) is 9.47 Å². The maximum Gasteiger partial charge on any atom is 0.162 e. The van der Waals surface area contributed by atoms with Gasteiger partial charge < -0.3 is 14.8 Å². The number of hydrogen-bond acceptors (Lipinski definition) is 6. The predicted octanol–water partition coefficient (Wildman–Crippen LogP) is 2.65. The van der Waals surface area contributed by atoms with Crippen LogP contribution in [-0.4, -0.2) is 30.0 Å². The Hall–Kier alpha value is -1.66. The van der Waals surface area contributed by atoms with Crippen LogP contribution >= 0.6 is 11.3 Å². The zero-order chi connectivity index (χ0) is 13.9. The summed E-state index contributed by atoms with van der Waals surface area (Å²) in [4.78, 5) is 0. The maximum atomic E-state index is 5.60. The summed E-state index contributed by atoms with van der Waals surface area (Å²) in [7, 11) is 0. The number of fused-ring (bicyclic) bond motifs is 1. The molecule has 1 unspecified atom stereocenters. The number of ether oxygens (including phenoxy) is 2. The Kier molecular flexibility index (Phi) is 3.84. The second kappa shape index (κ2) is 5.76. The lowest BCUT2D eigenvalue weighted by Gasteiger charge is -2.18. The molecule has 0 saturated carbocycles. The number of benzene rings is 1. The van der Waals surface area contributed by atoms with Gasteiger partial charge in [-0.1, -0.05) is 18.3 Å². The van der Waals surface area contributed by atoms with E-state index < -0.39 is 0 Å². The van der Waals surface area contributed by atoms with Crippen molar-refractivity contribution in [2.45, 2.75) is 19.9 Å². The minimum absolute atomic E-state index is 0.225. The Morgan fingerprint density at radius 1 is 1.25 bits per heavy atom. The largest absolute Gasteiger partial charge is 0.486 e. The molecule has 0 radical (unpaired) electrons. The quantitative estimate of drug-likeness (QED) is 0.938. The van der Waals surface area contributed by atoms with Crippen LogP contribution in [-0.2, 0) is 0 Å². The lowest BCUT2D eigenvalue weighted by atomic mass is 10.2. The summed E-state index contributed by atoms with van der Waals surface area (Å²) in [6.45, 7) is 6.29. The number of rotatable bonds is 4. The molecule has 3 rings (SSSR count). The van der Waals surface area contributed by atoms with Crippen LogP contribution in [0.15, 0.2) is 18.2 Å². The van der Waals surface area contributed by atoms with E-state index in [1.165, 1.54) is 0 Å². The molecule has 1 N–H and O–H groups in total. The van der Waals surface area contributed by atoms with E-state index in [-0.39, 0.29) is 6.04 Å². The van der Waals surface area contributed by atoms with Crippen molar-refractivity contribution in [3.05, 3.63) is 23.2 Å². The van der Waals surface area contributed by atoms with Crippen LogP contribution in [0, 0.1) is 0 Å². The third-order valence-electron chi connectivity index (χ3n) is 3.11. The fourth-order valence-corrected chi connectivity index (χ4v) is 2.96. The third kappa shape index (κ3) is 2.62. The standard InChI is InChI=1S/C14H17N3O2S/c1-3-15-9(2)13-16-17-14(20-13)10-4-5-11-12(8-10)19-7-6-18-11/h4-5,8-9,15H,3,6-7H2,1-2H3. The minimum atomic E-state index is 0.225. The third-order valence-corrected chi connectivity index (χ3v) is 4.27. The van der Waals surface area contributed by atoms with Gasteiger partial charge in [-0.15, -0.1) is 10.2 Å². The van der Waals surface area contributed by atoms with Gasteiger partial charge in [-0.05, 0) is 31.7 Å². The number of nitrogens with zero attached hydrogens (tertiary/aromatic N) is 2. The molecule has 1 atom stereocenters. The van der Waals surface area contributed by atoms with Gasteiger partial charge in [0.1, 0.15) is 23.2 Å². The van der Waals surface area contributed by atoms with Gasteiger partial charge in [0.05, 0.1) is 6.04 Å². The van der Waals surface area contributed by atoms with Crippen LogP contribution in [0.3, 0.4) is 0 Å². The van der Waals surface area contributed by atoms with Crippen molar-refractivity contribution in [2.24, 2.45) is 0 Å². The first kappa shape index (κ1) is 13.3. The summed E-state index contributed by atoms with van der Waals surface area (Å²) in [6, 6.07) is 6.12. The van der Waals surface area contributed by atoms with E-state index in [1.54, 1.807) is 11.3 Å². The molecule has 0 bridgehead atoms. The van der Waals surface area contributed by atoms with Crippen molar-refractivity contribution >= 4 is 11.3 Å². The molecule has 1 aliphatic rings. The number of hydrogen-bond donors (Lipinski definition) is 1. The highest BCUT2D eigenvalue weighted by atomic mass is 32.1. The Balaban J connectivity index is 1.86. The molecule has 1 aliphatic heterocycles. The van der Waals surface area contributed by atoms with Crippen molar-refractivity contribution in [1.29, 1.82) is 0 Å². The van der Waals surface area contributed by atoms with Crippen LogP contribution in [0.4, 0.5) is 0 Å². The van der Waals surface area contributed by atoms with Gasteiger partial charge in [0.15, 0.2) is 11.5 Å². The number of nitrogens with one attached hydrogen (secondary N) is 1. The van der Waals surface area contributed by atoms with Gasteiger partial charge >= 0.3 is 0 Å². The van der Waals surface area contributed by atoms with Gasteiger partial charge in [0, 0.05) is 5.56 Å². The summed E-state index contributed by atoms with van der Waals surface area (Å²) < 4.78 is 11.1. The molecule has 2 aromatic rings. The first-order chi connectivity index (χ1) is 9.78. The second-order valence-corrected chi connectivity index (χ2v) is 5.59. The van der Waals surface area contributed by atoms with E-state index in [0.717, 1.165) is 33.6 Å². The highest BCUT2D eigenvalue weighted by molar-refractivity contribution is 7.14. The van der Waals surface area contributed by atoms with Gasteiger partial charge in [0.2, 0.25) is 0 Å². The highest BCUT2D eigenvalue weighted by Crippen LogP contribution is 2.35. The van der Waals surface area contributed by atoms with Gasteiger partial charge in [-0.2, -0.15) is 0 Å². The van der Waals surface area contributed by atoms with Crippen molar-refractivity contribution in [1.82, 2.24) is 15.5 Å². The summed E-state index contributed by atoms with van der Waals surface area (Å²) in [5, 5.41) is 13.8. The monoisotopic (exact) mass is 291 g/mol. The smallest absolute Gasteiger partial charge is 0.162 e.